The van der Waals surface area contributed by atoms with E-state index in [2.05, 4.69) is 0 Å². The zero-order valence-corrected chi connectivity index (χ0v) is 11.6. The van der Waals surface area contributed by atoms with Gasteiger partial charge in [-0.3, -0.25) is 4.79 Å². The highest BCUT2D eigenvalue weighted by Crippen LogP contribution is 2.26. The molecule has 1 aromatic rings. The Hall–Kier alpha value is -2.28. The molecule has 7 nitrogen and oxygen atoms in total. The lowest BCUT2D eigenvalue weighted by molar-refractivity contribution is -0.149. The summed E-state index contributed by atoms with van der Waals surface area (Å²) in [6.45, 7) is -0.304. The van der Waals surface area contributed by atoms with Crippen molar-refractivity contribution in [3.63, 3.8) is 0 Å². The number of methoxy groups -OCH3 is 1. The van der Waals surface area contributed by atoms with E-state index in [1.165, 1.54) is 7.11 Å². The Morgan fingerprint density at radius 1 is 1.33 bits per heavy atom. The number of ether oxygens (including phenoxy) is 2. The van der Waals surface area contributed by atoms with Gasteiger partial charge < -0.3 is 24.6 Å². The minimum absolute atomic E-state index is 0.00504. The molecule has 0 radical (unpaired) electrons. The van der Waals surface area contributed by atoms with Crippen molar-refractivity contribution >= 4 is 11.9 Å². The number of hydrogen-bond donors (Lipinski definition) is 2. The minimum Gasteiger partial charge on any atom is -0.493 e. The fourth-order valence-corrected chi connectivity index (χ4v) is 2.28. The number of aliphatic carboxylic acids is 1. The number of aliphatic hydroxyl groups is 1. The van der Waals surface area contributed by atoms with Gasteiger partial charge in [0.2, 0.25) is 0 Å². The summed E-state index contributed by atoms with van der Waals surface area (Å²) in [5.74, 6) is -0.719. The molecule has 1 saturated heterocycles. The van der Waals surface area contributed by atoms with Crippen LogP contribution in [0.4, 0.5) is 0 Å². The third-order valence-electron chi connectivity index (χ3n) is 3.30. The quantitative estimate of drug-likeness (QED) is 0.801. The topological polar surface area (TPSA) is 96.3 Å². The van der Waals surface area contributed by atoms with Gasteiger partial charge in [0, 0.05) is 13.0 Å². The Kier molecular flexibility index (Phi) is 4.64. The molecule has 0 unspecified atom stereocenters. The first kappa shape index (κ1) is 15.1. The Morgan fingerprint density at radius 2 is 2.00 bits per heavy atom. The van der Waals surface area contributed by atoms with Gasteiger partial charge >= 0.3 is 5.97 Å². The Morgan fingerprint density at radius 3 is 2.62 bits per heavy atom. The van der Waals surface area contributed by atoms with Crippen molar-refractivity contribution in [3.8, 4) is 11.5 Å². The summed E-state index contributed by atoms with van der Waals surface area (Å²) < 4.78 is 10.5. The van der Waals surface area contributed by atoms with Crippen LogP contribution >= 0.6 is 0 Å². The molecule has 0 bridgehead atoms. The molecule has 0 aliphatic carbocycles. The fourth-order valence-electron chi connectivity index (χ4n) is 2.28. The number of likely N-dealkylation sites (tertiary alicyclic amines) is 1. The largest absolute Gasteiger partial charge is 0.493 e. The number of β-amino-alcohol motifs (C(OH)–C–C–N with tert-alkyl or cyclic N) is 1. The summed E-state index contributed by atoms with van der Waals surface area (Å²) in [4.78, 5) is 24.3. The molecule has 0 saturated carbocycles. The highest BCUT2D eigenvalue weighted by atomic mass is 16.5. The number of nitrogens with zero attached hydrogens (tertiary/aromatic N) is 1. The average Bonchev–Trinajstić information content (AvgIpc) is 2.87. The van der Waals surface area contributed by atoms with Crippen LogP contribution in [0.1, 0.15) is 6.42 Å². The van der Waals surface area contributed by atoms with Gasteiger partial charge in [0.15, 0.2) is 18.1 Å². The predicted octanol–water partition coefficient (Wildman–Crippen LogP) is 0.120. The summed E-state index contributed by atoms with van der Waals surface area (Å²) in [5.41, 5.74) is 0. The van der Waals surface area contributed by atoms with Gasteiger partial charge in [0.25, 0.3) is 5.91 Å². The van der Waals surface area contributed by atoms with E-state index in [0.717, 1.165) is 4.90 Å². The first-order valence-corrected chi connectivity index (χ1v) is 6.49. The van der Waals surface area contributed by atoms with Crippen LogP contribution in [0.15, 0.2) is 24.3 Å². The van der Waals surface area contributed by atoms with E-state index >= 15 is 0 Å². The van der Waals surface area contributed by atoms with Crippen LogP contribution in [0.5, 0.6) is 11.5 Å². The number of benzene rings is 1. The maximum atomic E-state index is 12.1. The standard InChI is InChI=1S/C14H17NO6/c1-20-11-4-2-3-5-12(11)21-8-13(17)15-7-9(16)6-10(15)14(18)19/h2-5,9-10,16H,6-8H2,1H3,(H,18,19)/t9-,10+/m1/s1. The number of carbonyl (C=O) groups excluding carboxylic acids is 1. The molecule has 1 fully saturated rings. The molecule has 2 atom stereocenters. The van der Waals surface area contributed by atoms with Crippen molar-refractivity contribution in [1.29, 1.82) is 0 Å². The molecule has 114 valence electrons. The molecule has 1 aromatic carbocycles. The second-order valence-corrected chi connectivity index (χ2v) is 4.73. The molecule has 21 heavy (non-hydrogen) atoms. The maximum Gasteiger partial charge on any atom is 0.326 e. The Balaban J connectivity index is 2.00. The number of hydrogen-bond acceptors (Lipinski definition) is 5. The van der Waals surface area contributed by atoms with Gasteiger partial charge in [-0.15, -0.1) is 0 Å². The molecule has 1 aliphatic rings. The number of aliphatic hydroxyl groups excluding tert-OH is 1. The average molecular weight is 295 g/mol. The first-order valence-electron chi connectivity index (χ1n) is 6.49. The number of para-hydroxylation sites is 2. The van der Waals surface area contributed by atoms with Gasteiger partial charge in [-0.2, -0.15) is 0 Å². The third kappa shape index (κ3) is 3.43. The number of amides is 1. The molecule has 2 rings (SSSR count). The van der Waals surface area contributed by atoms with Crippen molar-refractivity contribution < 1.29 is 29.3 Å². The number of carbonyl (C=O) groups is 2. The molecular formula is C14H17NO6. The Labute approximate surface area is 121 Å². The zero-order valence-electron chi connectivity index (χ0n) is 11.6. The molecule has 0 spiro atoms. The molecule has 1 amide bonds. The van der Waals surface area contributed by atoms with Crippen LogP contribution in [0.3, 0.4) is 0 Å². The van der Waals surface area contributed by atoms with Crippen LogP contribution in [0.2, 0.25) is 0 Å². The molecule has 1 aliphatic heterocycles. The minimum atomic E-state index is -1.13. The number of carboxylic acids is 1. The lowest BCUT2D eigenvalue weighted by Gasteiger charge is -2.21. The summed E-state index contributed by atoms with van der Waals surface area (Å²) >= 11 is 0. The van der Waals surface area contributed by atoms with Crippen LogP contribution in [-0.2, 0) is 9.59 Å². The zero-order chi connectivity index (χ0) is 15.4. The molecule has 2 N–H and O–H groups in total. The van der Waals surface area contributed by atoms with Gasteiger partial charge in [-0.25, -0.2) is 4.79 Å². The lowest BCUT2D eigenvalue weighted by Crippen LogP contribution is -2.42. The van der Waals surface area contributed by atoms with Crippen LogP contribution in [-0.4, -0.2) is 59.4 Å². The normalized spacial score (nSPS) is 21.1. The summed E-state index contributed by atoms with van der Waals surface area (Å²) in [6, 6.07) is 5.85. The lowest BCUT2D eigenvalue weighted by atomic mass is 10.2. The highest BCUT2D eigenvalue weighted by molar-refractivity contribution is 5.85. The van der Waals surface area contributed by atoms with Gasteiger partial charge in [0.05, 0.1) is 13.2 Å². The van der Waals surface area contributed by atoms with Crippen molar-refractivity contribution in [3.05, 3.63) is 24.3 Å². The van der Waals surface area contributed by atoms with Gasteiger partial charge in [0.1, 0.15) is 6.04 Å². The molecule has 1 heterocycles. The van der Waals surface area contributed by atoms with Crippen molar-refractivity contribution in [2.45, 2.75) is 18.6 Å². The second kappa shape index (κ2) is 6.45. The molecule has 7 heteroatoms. The highest BCUT2D eigenvalue weighted by Gasteiger charge is 2.38. The van der Waals surface area contributed by atoms with E-state index < -0.39 is 24.0 Å². The summed E-state index contributed by atoms with van der Waals surface area (Å²) in [7, 11) is 1.49. The second-order valence-electron chi connectivity index (χ2n) is 4.73. The molecular weight excluding hydrogens is 278 g/mol. The van der Waals surface area contributed by atoms with Crippen LogP contribution in [0.25, 0.3) is 0 Å². The van der Waals surface area contributed by atoms with Gasteiger partial charge in [-0.1, -0.05) is 12.1 Å². The summed E-state index contributed by atoms with van der Waals surface area (Å²) in [6.07, 6.45) is -0.781. The third-order valence-corrected chi connectivity index (χ3v) is 3.30. The SMILES string of the molecule is COc1ccccc1OCC(=O)N1C[C@H](O)C[C@H]1C(=O)O. The van der Waals surface area contributed by atoms with E-state index in [4.69, 9.17) is 14.6 Å². The smallest absolute Gasteiger partial charge is 0.326 e. The van der Waals surface area contributed by atoms with Gasteiger partial charge in [-0.05, 0) is 12.1 Å². The van der Waals surface area contributed by atoms with Crippen LogP contribution < -0.4 is 9.47 Å². The number of rotatable bonds is 5. The molecule has 0 aromatic heterocycles. The van der Waals surface area contributed by atoms with Crippen molar-refractivity contribution in [1.82, 2.24) is 4.90 Å². The van der Waals surface area contributed by atoms with Crippen molar-refractivity contribution in [2.24, 2.45) is 0 Å². The van der Waals surface area contributed by atoms with E-state index in [0.29, 0.717) is 11.5 Å². The fraction of sp³-hybridized carbons (Fsp3) is 0.429. The maximum absolute atomic E-state index is 12.1. The Bertz CT molecular complexity index is 532. The van der Waals surface area contributed by atoms with E-state index in [9.17, 15) is 14.7 Å². The van der Waals surface area contributed by atoms with E-state index in [-0.39, 0.29) is 19.6 Å². The predicted molar refractivity (Wildman–Crippen MR) is 72.2 cm³/mol. The summed E-state index contributed by atoms with van der Waals surface area (Å²) in [5, 5.41) is 18.6. The monoisotopic (exact) mass is 295 g/mol. The van der Waals surface area contributed by atoms with E-state index in [1.807, 2.05) is 0 Å². The van der Waals surface area contributed by atoms with Crippen LogP contribution in [0, 0.1) is 0 Å². The van der Waals surface area contributed by atoms with E-state index in [1.54, 1.807) is 24.3 Å². The number of carboxylic acid groups (broad SMARTS) is 1. The first-order chi connectivity index (χ1) is 10.0. The van der Waals surface area contributed by atoms with Crippen molar-refractivity contribution in [2.75, 3.05) is 20.3 Å².